The van der Waals surface area contributed by atoms with Crippen LogP contribution in [0, 0.1) is 24.7 Å². The fourth-order valence-electron chi connectivity index (χ4n) is 5.54. The number of carbonyl (C=O) groups is 1. The van der Waals surface area contributed by atoms with Crippen LogP contribution in [0.15, 0.2) is 34.7 Å². The molecule has 0 fully saturated rings. The van der Waals surface area contributed by atoms with Crippen LogP contribution in [-0.2, 0) is 30.7 Å². The number of aryl methyl sites for hydroxylation is 2. The first-order valence-electron chi connectivity index (χ1n) is 13.5. The number of hydrogen-bond donors (Lipinski definition) is 1. The third-order valence-electron chi connectivity index (χ3n) is 7.54. The maximum Gasteiger partial charge on any atom is 0.387 e. The maximum absolute atomic E-state index is 13.0. The number of benzene rings is 2. The summed E-state index contributed by atoms with van der Waals surface area (Å²) in [6, 6.07) is 8.76. The molecule has 7 heteroatoms. The lowest BCUT2D eigenvalue weighted by Gasteiger charge is -2.28. The van der Waals surface area contributed by atoms with Gasteiger partial charge in [-0.25, -0.2) is 0 Å². The molecule has 0 aliphatic carbocycles. The van der Waals surface area contributed by atoms with E-state index in [1.165, 1.54) is 0 Å². The number of halogens is 2. The molecule has 0 amide bonds. The fourth-order valence-corrected chi connectivity index (χ4v) is 5.54. The van der Waals surface area contributed by atoms with E-state index in [1.807, 2.05) is 32.0 Å². The smallest absolute Gasteiger partial charge is 0.387 e. The van der Waals surface area contributed by atoms with Crippen molar-refractivity contribution in [2.75, 3.05) is 0 Å². The molecule has 0 saturated carbocycles. The molecule has 3 aromatic rings. The van der Waals surface area contributed by atoms with Crippen molar-refractivity contribution in [3.8, 4) is 11.5 Å². The minimum Gasteiger partial charge on any atom is -0.488 e. The lowest BCUT2D eigenvalue weighted by Crippen LogP contribution is -2.20. The summed E-state index contributed by atoms with van der Waals surface area (Å²) in [5.41, 5.74) is 4.31. The average Bonchev–Trinajstić information content (AvgIpc) is 3.26. The molecule has 0 radical (unpaired) electrons. The highest BCUT2D eigenvalue weighted by molar-refractivity contribution is 5.83. The fraction of sp³-hybridized carbons (Fsp3) is 0.516. The van der Waals surface area contributed by atoms with Gasteiger partial charge in [-0.05, 0) is 78.5 Å². The van der Waals surface area contributed by atoms with Crippen LogP contribution in [-0.4, -0.2) is 17.7 Å². The Morgan fingerprint density at radius 2 is 1.82 bits per heavy atom. The van der Waals surface area contributed by atoms with E-state index in [0.717, 1.165) is 35.3 Å². The number of rotatable bonds is 14. The lowest BCUT2D eigenvalue weighted by molar-refractivity contribution is -0.136. The molecule has 0 aliphatic heterocycles. The lowest BCUT2D eigenvalue weighted by atomic mass is 9.78. The zero-order valence-electron chi connectivity index (χ0n) is 23.3. The summed E-state index contributed by atoms with van der Waals surface area (Å²) in [5.74, 6) is 2.15. The molecule has 0 saturated heterocycles. The number of aliphatic carboxylic acids is 1. The molecule has 0 spiro atoms. The Labute approximate surface area is 224 Å². The molecule has 0 aliphatic rings. The van der Waals surface area contributed by atoms with E-state index >= 15 is 0 Å². The van der Waals surface area contributed by atoms with Crippen molar-refractivity contribution in [3.05, 3.63) is 58.3 Å². The summed E-state index contributed by atoms with van der Waals surface area (Å²) in [4.78, 5) is 11.2. The highest BCUT2D eigenvalue weighted by Crippen LogP contribution is 2.35. The van der Waals surface area contributed by atoms with Gasteiger partial charge in [-0.3, -0.25) is 4.79 Å². The van der Waals surface area contributed by atoms with E-state index in [4.69, 9.17) is 13.9 Å². The summed E-state index contributed by atoms with van der Waals surface area (Å²) >= 11 is 0. The maximum atomic E-state index is 13.0. The third kappa shape index (κ3) is 7.27. The van der Waals surface area contributed by atoms with Gasteiger partial charge < -0.3 is 19.0 Å². The van der Waals surface area contributed by atoms with E-state index < -0.39 is 12.6 Å². The predicted molar refractivity (Wildman–Crippen MR) is 145 cm³/mol. The third-order valence-corrected chi connectivity index (χ3v) is 7.54. The van der Waals surface area contributed by atoms with Crippen LogP contribution in [0.25, 0.3) is 11.0 Å². The zero-order chi connectivity index (χ0) is 28.0. The van der Waals surface area contributed by atoms with Crippen LogP contribution in [0.5, 0.6) is 11.5 Å². The van der Waals surface area contributed by atoms with Crippen LogP contribution in [0.4, 0.5) is 8.78 Å². The Balaban J connectivity index is 1.98. The Kier molecular flexibility index (Phi) is 10.2. The van der Waals surface area contributed by atoms with Crippen LogP contribution < -0.4 is 9.47 Å². The number of fused-ring (bicyclic) bond motifs is 1. The average molecular weight is 531 g/mol. The number of carboxylic acid groups (broad SMARTS) is 1. The van der Waals surface area contributed by atoms with Crippen molar-refractivity contribution in [3.63, 3.8) is 0 Å². The highest BCUT2D eigenvalue weighted by Gasteiger charge is 2.23. The number of alkyl halides is 2. The molecule has 3 rings (SSSR count). The first-order chi connectivity index (χ1) is 18.0. The normalized spacial score (nSPS) is 13.3. The van der Waals surface area contributed by atoms with E-state index in [1.54, 1.807) is 12.1 Å². The Morgan fingerprint density at radius 3 is 2.42 bits per heavy atom. The van der Waals surface area contributed by atoms with Crippen LogP contribution >= 0.6 is 0 Å². The van der Waals surface area contributed by atoms with E-state index in [0.29, 0.717) is 52.9 Å². The van der Waals surface area contributed by atoms with E-state index in [-0.39, 0.29) is 18.8 Å². The summed E-state index contributed by atoms with van der Waals surface area (Å²) in [7, 11) is 0. The summed E-state index contributed by atoms with van der Waals surface area (Å²) in [6.07, 6.45) is 3.05. The minimum absolute atomic E-state index is 0.0614. The Hall–Kier alpha value is -3.09. The van der Waals surface area contributed by atoms with Gasteiger partial charge in [0.15, 0.2) is 0 Å². The summed E-state index contributed by atoms with van der Waals surface area (Å²) in [5, 5.41) is 9.89. The van der Waals surface area contributed by atoms with Crippen molar-refractivity contribution in [2.45, 2.75) is 86.9 Å². The number of carboxylic acids is 1. The van der Waals surface area contributed by atoms with Gasteiger partial charge in [0.1, 0.15) is 29.4 Å². The van der Waals surface area contributed by atoms with Crippen molar-refractivity contribution < 1.29 is 32.6 Å². The minimum atomic E-state index is -2.93. The van der Waals surface area contributed by atoms with Gasteiger partial charge in [-0.2, -0.15) is 8.78 Å². The monoisotopic (exact) mass is 530 g/mol. The van der Waals surface area contributed by atoms with E-state index in [9.17, 15) is 18.7 Å². The molecule has 2 atom stereocenters. The first-order valence-corrected chi connectivity index (χ1v) is 13.5. The molecule has 1 N–H and O–H groups in total. The molecular weight excluding hydrogens is 490 g/mol. The van der Waals surface area contributed by atoms with Crippen molar-refractivity contribution in [1.29, 1.82) is 0 Å². The summed E-state index contributed by atoms with van der Waals surface area (Å²) < 4.78 is 43.0. The second-order valence-corrected chi connectivity index (χ2v) is 10.5. The molecule has 2 unspecified atom stereocenters. The van der Waals surface area contributed by atoms with Gasteiger partial charge >= 0.3 is 12.6 Å². The molecule has 5 nitrogen and oxygen atoms in total. The summed E-state index contributed by atoms with van der Waals surface area (Å²) in [6.45, 7) is 10.1. The standard InChI is InChI=1S/C31H40F2O5/c1-7-24-14-22-15-25(38-31(32)33)16-23(30(22)37-24)17-36-28-11-9-21(10-12-29(34)35)20(6)27(28)13-19(5)26(8-2)18(3)4/h9,11,14-16,18-19,26,31H,7-8,10,12-13,17H2,1-6H3,(H,34,35). The van der Waals surface area contributed by atoms with Crippen molar-refractivity contribution in [2.24, 2.45) is 17.8 Å². The largest absolute Gasteiger partial charge is 0.488 e. The molecule has 38 heavy (non-hydrogen) atoms. The molecular formula is C31H40F2O5. The molecule has 208 valence electrons. The second kappa shape index (κ2) is 13.1. The quantitative estimate of drug-likeness (QED) is 0.227. The van der Waals surface area contributed by atoms with Crippen molar-refractivity contribution >= 4 is 16.9 Å². The molecule has 1 aromatic heterocycles. The molecule has 1 heterocycles. The molecule has 0 bridgehead atoms. The van der Waals surface area contributed by atoms with Gasteiger partial charge in [0.25, 0.3) is 0 Å². The van der Waals surface area contributed by atoms with Gasteiger partial charge in [0.05, 0.1) is 0 Å². The molecule has 2 aromatic carbocycles. The second-order valence-electron chi connectivity index (χ2n) is 10.5. The van der Waals surface area contributed by atoms with Crippen molar-refractivity contribution in [1.82, 2.24) is 0 Å². The first kappa shape index (κ1) is 29.5. The topological polar surface area (TPSA) is 68.9 Å². The number of hydrogen-bond acceptors (Lipinski definition) is 4. The van der Waals surface area contributed by atoms with Crippen LogP contribution in [0.3, 0.4) is 0 Å². The van der Waals surface area contributed by atoms with Crippen LogP contribution in [0.2, 0.25) is 0 Å². The predicted octanol–water partition coefficient (Wildman–Crippen LogP) is 8.36. The zero-order valence-corrected chi connectivity index (χ0v) is 23.3. The van der Waals surface area contributed by atoms with Gasteiger partial charge in [0.2, 0.25) is 0 Å². The number of furan rings is 1. The Bertz CT molecular complexity index is 1230. The number of ether oxygens (including phenoxy) is 2. The highest BCUT2D eigenvalue weighted by atomic mass is 19.3. The van der Waals surface area contributed by atoms with Crippen LogP contribution in [0.1, 0.15) is 75.5 Å². The van der Waals surface area contributed by atoms with Gasteiger partial charge in [-0.1, -0.05) is 47.1 Å². The van der Waals surface area contributed by atoms with Gasteiger partial charge in [-0.15, -0.1) is 0 Å². The SMILES string of the molecule is CCc1cc2cc(OC(F)F)cc(COc3ccc(CCC(=O)O)c(C)c3CC(C)C(CC)C(C)C)c2o1. The Morgan fingerprint density at radius 1 is 1.08 bits per heavy atom. The van der Waals surface area contributed by atoms with E-state index in [2.05, 4.69) is 27.7 Å². The van der Waals surface area contributed by atoms with Gasteiger partial charge in [0, 0.05) is 23.8 Å².